The summed E-state index contributed by atoms with van der Waals surface area (Å²) in [5, 5.41) is 4.17. The summed E-state index contributed by atoms with van der Waals surface area (Å²) in [5.74, 6) is 0.826. The zero-order chi connectivity index (χ0) is 19.4. The van der Waals surface area contributed by atoms with Crippen LogP contribution in [0.3, 0.4) is 0 Å². The van der Waals surface area contributed by atoms with E-state index in [1.165, 1.54) is 0 Å². The molecule has 0 radical (unpaired) electrons. The lowest BCUT2D eigenvalue weighted by Crippen LogP contribution is -2.05. The number of halogens is 4. The van der Waals surface area contributed by atoms with Crippen molar-refractivity contribution in [1.29, 1.82) is 0 Å². The molecule has 0 unspecified atom stereocenters. The van der Waals surface area contributed by atoms with Crippen molar-refractivity contribution >= 4 is 65.1 Å². The molecule has 0 atom stereocenters. The van der Waals surface area contributed by atoms with Gasteiger partial charge < -0.3 is 10.1 Å². The molecule has 3 aromatic rings. The Bertz CT molecular complexity index is 945. The van der Waals surface area contributed by atoms with E-state index in [1.54, 1.807) is 0 Å². The first-order valence-electron chi connectivity index (χ1n) is 8.27. The topological polar surface area (TPSA) is 21.3 Å². The molecular formula is C21H17Br3ClNO. The summed E-state index contributed by atoms with van der Waals surface area (Å²) in [7, 11) is 0. The maximum atomic E-state index is 6.22. The number of anilines is 1. The summed E-state index contributed by atoms with van der Waals surface area (Å²) in [4.78, 5) is 0. The number of hydrogen-bond donors (Lipinski definition) is 1. The lowest BCUT2D eigenvalue weighted by molar-refractivity contribution is 0.301. The number of hydrogen-bond acceptors (Lipinski definition) is 2. The van der Waals surface area contributed by atoms with Crippen molar-refractivity contribution in [2.75, 3.05) is 5.32 Å². The van der Waals surface area contributed by atoms with Gasteiger partial charge >= 0.3 is 0 Å². The average Bonchev–Trinajstić information content (AvgIpc) is 2.63. The number of benzene rings is 3. The van der Waals surface area contributed by atoms with Crippen LogP contribution >= 0.6 is 59.4 Å². The van der Waals surface area contributed by atoms with Crippen molar-refractivity contribution in [2.45, 2.75) is 20.1 Å². The van der Waals surface area contributed by atoms with E-state index in [0.717, 1.165) is 46.6 Å². The third-order valence-electron chi connectivity index (χ3n) is 4.04. The zero-order valence-corrected chi connectivity index (χ0v) is 20.0. The van der Waals surface area contributed by atoms with Gasteiger partial charge in [0.1, 0.15) is 12.4 Å². The molecule has 3 rings (SSSR count). The maximum Gasteiger partial charge on any atom is 0.139 e. The summed E-state index contributed by atoms with van der Waals surface area (Å²) < 4.78 is 9.08. The first-order chi connectivity index (χ1) is 12.9. The van der Waals surface area contributed by atoms with Gasteiger partial charge in [0.25, 0.3) is 0 Å². The Balaban J connectivity index is 1.77. The Kier molecular flexibility index (Phi) is 7.26. The molecule has 0 amide bonds. The Morgan fingerprint density at radius 3 is 2.37 bits per heavy atom. The number of nitrogens with one attached hydrogen (secondary N) is 1. The van der Waals surface area contributed by atoms with Crippen molar-refractivity contribution in [2.24, 2.45) is 0 Å². The molecule has 0 heterocycles. The fraction of sp³-hybridized carbons (Fsp3) is 0.143. The van der Waals surface area contributed by atoms with Gasteiger partial charge in [-0.3, -0.25) is 0 Å². The predicted octanol–water partition coefficient (Wildman–Crippen LogP) is 8.13. The molecule has 0 spiro atoms. The van der Waals surface area contributed by atoms with Gasteiger partial charge in [0.15, 0.2) is 0 Å². The lowest BCUT2D eigenvalue weighted by Gasteiger charge is -2.16. The minimum absolute atomic E-state index is 0.497. The van der Waals surface area contributed by atoms with E-state index in [-0.39, 0.29) is 0 Å². The third-order valence-corrected chi connectivity index (χ3v) is 6.02. The van der Waals surface area contributed by atoms with Crippen molar-refractivity contribution in [1.82, 2.24) is 0 Å². The Hall–Kier alpha value is -1.01. The van der Waals surface area contributed by atoms with Crippen LogP contribution in [0.25, 0.3) is 0 Å². The fourth-order valence-corrected chi connectivity index (χ4v) is 4.42. The van der Waals surface area contributed by atoms with Gasteiger partial charge in [-0.2, -0.15) is 0 Å². The number of aryl methyl sites for hydroxylation is 1. The van der Waals surface area contributed by atoms with E-state index in [0.29, 0.717) is 13.2 Å². The van der Waals surface area contributed by atoms with Crippen LogP contribution in [0.15, 0.2) is 68.0 Å². The Labute approximate surface area is 189 Å². The van der Waals surface area contributed by atoms with E-state index in [9.17, 15) is 0 Å². The second-order valence-electron chi connectivity index (χ2n) is 6.11. The van der Waals surface area contributed by atoms with Gasteiger partial charge in [0, 0.05) is 31.8 Å². The fourth-order valence-electron chi connectivity index (χ4n) is 2.54. The van der Waals surface area contributed by atoms with E-state index in [1.807, 2.05) is 55.5 Å². The SMILES string of the molecule is Cc1ccc(NCc2cc(Br)cc(Br)c2OCc2ccc(Br)cc2)cc1Cl. The van der Waals surface area contributed by atoms with Crippen LogP contribution in [0.5, 0.6) is 5.75 Å². The third kappa shape index (κ3) is 5.74. The number of ether oxygens (including phenoxy) is 1. The second-order valence-corrected chi connectivity index (χ2v) is 9.20. The number of rotatable bonds is 6. The lowest BCUT2D eigenvalue weighted by atomic mass is 10.1. The normalized spacial score (nSPS) is 10.7. The maximum absolute atomic E-state index is 6.22. The van der Waals surface area contributed by atoms with Crippen LogP contribution < -0.4 is 10.1 Å². The monoisotopic (exact) mass is 571 g/mol. The van der Waals surface area contributed by atoms with E-state index < -0.39 is 0 Å². The van der Waals surface area contributed by atoms with Crippen LogP contribution in [0, 0.1) is 6.92 Å². The highest BCUT2D eigenvalue weighted by molar-refractivity contribution is 9.11. The molecule has 27 heavy (non-hydrogen) atoms. The van der Waals surface area contributed by atoms with E-state index in [2.05, 4.69) is 59.2 Å². The molecule has 0 aliphatic heterocycles. The first kappa shape index (κ1) is 20.7. The largest absolute Gasteiger partial charge is 0.487 e. The standard InChI is InChI=1S/C21H17Br3ClNO/c1-13-2-7-18(10-20(13)25)26-11-15-8-17(23)9-19(24)21(15)27-12-14-3-5-16(22)6-4-14/h2-10,26H,11-12H2,1H3. The van der Waals surface area contributed by atoms with E-state index in [4.69, 9.17) is 16.3 Å². The average molecular weight is 575 g/mol. The second kappa shape index (κ2) is 9.46. The van der Waals surface area contributed by atoms with Gasteiger partial charge in [-0.25, -0.2) is 0 Å². The van der Waals surface area contributed by atoms with Crippen LogP contribution in [0.4, 0.5) is 5.69 Å². The molecule has 0 aliphatic rings. The van der Waals surface area contributed by atoms with Crippen molar-refractivity contribution in [3.8, 4) is 5.75 Å². The van der Waals surface area contributed by atoms with Crippen molar-refractivity contribution in [3.63, 3.8) is 0 Å². The predicted molar refractivity (Wildman–Crippen MR) is 124 cm³/mol. The molecular weight excluding hydrogens is 557 g/mol. The van der Waals surface area contributed by atoms with Crippen LogP contribution in [0.2, 0.25) is 5.02 Å². The quantitative estimate of drug-likeness (QED) is 0.321. The summed E-state index contributed by atoms with van der Waals surface area (Å²) in [6.45, 7) is 3.11. The van der Waals surface area contributed by atoms with Crippen molar-refractivity contribution < 1.29 is 4.74 Å². The summed E-state index contributed by atoms with van der Waals surface area (Å²) in [6, 6.07) is 18.1. The molecule has 1 N–H and O–H groups in total. The Morgan fingerprint density at radius 2 is 1.67 bits per heavy atom. The first-order valence-corrected chi connectivity index (χ1v) is 11.0. The highest BCUT2D eigenvalue weighted by Crippen LogP contribution is 2.34. The molecule has 0 aromatic heterocycles. The highest BCUT2D eigenvalue weighted by Gasteiger charge is 2.11. The Morgan fingerprint density at radius 1 is 0.926 bits per heavy atom. The van der Waals surface area contributed by atoms with Crippen LogP contribution in [-0.2, 0) is 13.2 Å². The molecule has 0 saturated carbocycles. The molecule has 0 bridgehead atoms. The minimum Gasteiger partial charge on any atom is -0.487 e. The molecule has 2 nitrogen and oxygen atoms in total. The summed E-state index contributed by atoms with van der Waals surface area (Å²) >= 11 is 16.9. The van der Waals surface area contributed by atoms with Gasteiger partial charge in [-0.1, -0.05) is 61.7 Å². The smallest absolute Gasteiger partial charge is 0.139 e. The van der Waals surface area contributed by atoms with Crippen LogP contribution in [-0.4, -0.2) is 0 Å². The van der Waals surface area contributed by atoms with Gasteiger partial charge in [-0.15, -0.1) is 0 Å². The molecule has 0 aliphatic carbocycles. The van der Waals surface area contributed by atoms with Gasteiger partial charge in [0.2, 0.25) is 0 Å². The van der Waals surface area contributed by atoms with E-state index >= 15 is 0 Å². The summed E-state index contributed by atoms with van der Waals surface area (Å²) in [5.41, 5.74) is 4.19. The van der Waals surface area contributed by atoms with Gasteiger partial charge in [-0.05, 0) is 70.4 Å². The molecule has 0 fully saturated rings. The molecule has 6 heteroatoms. The van der Waals surface area contributed by atoms with Crippen LogP contribution in [0.1, 0.15) is 16.7 Å². The summed E-state index contributed by atoms with van der Waals surface area (Å²) in [6.07, 6.45) is 0. The highest BCUT2D eigenvalue weighted by atomic mass is 79.9. The van der Waals surface area contributed by atoms with Gasteiger partial charge in [0.05, 0.1) is 4.47 Å². The molecule has 140 valence electrons. The molecule has 3 aromatic carbocycles. The minimum atomic E-state index is 0.497. The zero-order valence-electron chi connectivity index (χ0n) is 14.5. The molecule has 0 saturated heterocycles. The van der Waals surface area contributed by atoms with Crippen molar-refractivity contribution in [3.05, 3.63) is 89.7 Å².